The third-order valence-corrected chi connectivity index (χ3v) is 3.21. The molecule has 0 spiro atoms. The summed E-state index contributed by atoms with van der Waals surface area (Å²) in [5.41, 5.74) is 2.67. The van der Waals surface area contributed by atoms with Crippen LogP contribution in [0.1, 0.15) is 22.3 Å². The van der Waals surface area contributed by atoms with Crippen molar-refractivity contribution in [3.63, 3.8) is 0 Å². The van der Waals surface area contributed by atoms with E-state index in [9.17, 15) is 4.39 Å². The number of aryl methyl sites for hydroxylation is 1. The molecular weight excluding hydrogens is 277 g/mol. The highest BCUT2D eigenvalue weighted by atomic mass is 35.5. The van der Waals surface area contributed by atoms with Gasteiger partial charge in [0.1, 0.15) is 18.2 Å². The zero-order valence-corrected chi connectivity index (χ0v) is 11.7. The second kappa shape index (κ2) is 6.40. The number of halogens is 2. The third kappa shape index (κ3) is 3.28. The molecule has 0 amide bonds. The van der Waals surface area contributed by atoms with Gasteiger partial charge >= 0.3 is 0 Å². The topological polar surface area (TPSA) is 33.0 Å². The quantitative estimate of drug-likeness (QED) is 0.785. The van der Waals surface area contributed by atoms with Crippen LogP contribution in [0.5, 0.6) is 5.75 Å². The van der Waals surface area contributed by atoms with Gasteiger partial charge in [-0.2, -0.15) is 5.26 Å². The molecule has 0 fully saturated rings. The van der Waals surface area contributed by atoms with Crippen molar-refractivity contribution in [2.24, 2.45) is 0 Å². The Balaban J connectivity index is 2.15. The molecule has 0 saturated heterocycles. The summed E-state index contributed by atoms with van der Waals surface area (Å²) in [6, 6.07) is 11.9. The molecule has 0 N–H and O–H groups in total. The summed E-state index contributed by atoms with van der Waals surface area (Å²) in [6.45, 7) is 2.07. The lowest BCUT2D eigenvalue weighted by Gasteiger charge is -2.11. The Kier molecular flexibility index (Phi) is 4.60. The molecule has 0 aliphatic carbocycles. The zero-order chi connectivity index (χ0) is 14.5. The first kappa shape index (κ1) is 14.4. The van der Waals surface area contributed by atoms with Crippen LogP contribution in [0.25, 0.3) is 0 Å². The molecule has 0 unspecified atom stereocenters. The van der Waals surface area contributed by atoms with Crippen LogP contribution in [0.2, 0.25) is 0 Å². The third-order valence-electron chi connectivity index (χ3n) is 2.93. The Bertz CT molecular complexity index is 664. The summed E-state index contributed by atoms with van der Waals surface area (Å²) in [5, 5.41) is 8.69. The number of ether oxygens (including phenoxy) is 1. The fourth-order valence-electron chi connectivity index (χ4n) is 1.84. The van der Waals surface area contributed by atoms with Gasteiger partial charge in [-0.05, 0) is 25.1 Å². The number of rotatable bonds is 4. The first-order valence-corrected chi connectivity index (χ1v) is 6.64. The molecule has 0 bridgehead atoms. The summed E-state index contributed by atoms with van der Waals surface area (Å²) in [4.78, 5) is 0. The Hall–Kier alpha value is -2.05. The maximum atomic E-state index is 13.7. The van der Waals surface area contributed by atoms with Gasteiger partial charge < -0.3 is 4.74 Å². The minimum atomic E-state index is -0.441. The first-order valence-electron chi connectivity index (χ1n) is 6.11. The van der Waals surface area contributed by atoms with E-state index in [2.05, 4.69) is 0 Å². The lowest BCUT2D eigenvalue weighted by atomic mass is 10.1. The number of hydrogen-bond donors (Lipinski definition) is 0. The fraction of sp³-hybridized carbons (Fsp3) is 0.188. The molecule has 0 saturated carbocycles. The van der Waals surface area contributed by atoms with Crippen molar-refractivity contribution in [3.8, 4) is 11.8 Å². The van der Waals surface area contributed by atoms with E-state index >= 15 is 0 Å². The van der Waals surface area contributed by atoms with E-state index in [1.54, 1.807) is 12.1 Å². The van der Waals surface area contributed by atoms with Crippen molar-refractivity contribution in [2.75, 3.05) is 0 Å². The van der Waals surface area contributed by atoms with Crippen LogP contribution in [-0.4, -0.2) is 0 Å². The molecule has 2 aromatic carbocycles. The molecule has 0 aliphatic rings. The van der Waals surface area contributed by atoms with Crippen LogP contribution in [0, 0.1) is 24.1 Å². The summed E-state index contributed by atoms with van der Waals surface area (Å²) in [7, 11) is 0. The van der Waals surface area contributed by atoms with Gasteiger partial charge in [0.15, 0.2) is 0 Å². The number of hydrogen-bond acceptors (Lipinski definition) is 2. The molecule has 4 heteroatoms. The molecule has 102 valence electrons. The Labute approximate surface area is 122 Å². The smallest absolute Gasteiger partial charge is 0.131 e. The second-order valence-electron chi connectivity index (χ2n) is 4.45. The number of nitrogens with zero attached hydrogens (tertiary/aromatic N) is 1. The highest BCUT2D eigenvalue weighted by Gasteiger charge is 2.07. The SMILES string of the molecule is Cc1ccc(OCc2ccc(C#N)cc2F)c(CCl)c1. The van der Waals surface area contributed by atoms with Gasteiger partial charge in [0, 0.05) is 11.1 Å². The highest BCUT2D eigenvalue weighted by Crippen LogP contribution is 2.23. The standard InChI is InChI=1S/C16H13ClFNO/c1-11-2-5-16(14(6-11)8-17)20-10-13-4-3-12(9-19)7-15(13)18/h2-7H,8,10H2,1H3. The van der Waals surface area contributed by atoms with E-state index < -0.39 is 5.82 Å². The van der Waals surface area contributed by atoms with Gasteiger partial charge in [0.2, 0.25) is 0 Å². The maximum Gasteiger partial charge on any atom is 0.131 e. The molecule has 2 rings (SSSR count). The second-order valence-corrected chi connectivity index (χ2v) is 4.72. The van der Waals surface area contributed by atoms with Crippen molar-refractivity contribution < 1.29 is 9.13 Å². The predicted molar refractivity (Wildman–Crippen MR) is 76.2 cm³/mol. The Morgan fingerprint density at radius 2 is 2.00 bits per heavy atom. The molecular formula is C16H13ClFNO. The molecule has 2 aromatic rings. The molecule has 20 heavy (non-hydrogen) atoms. The van der Waals surface area contributed by atoms with Crippen molar-refractivity contribution in [1.29, 1.82) is 5.26 Å². The lowest BCUT2D eigenvalue weighted by molar-refractivity contribution is 0.297. The van der Waals surface area contributed by atoms with Gasteiger partial charge in [-0.1, -0.05) is 23.8 Å². The van der Waals surface area contributed by atoms with Gasteiger partial charge in [-0.3, -0.25) is 0 Å². The average molecular weight is 290 g/mol. The van der Waals surface area contributed by atoms with Gasteiger partial charge in [-0.15, -0.1) is 11.6 Å². The summed E-state index contributed by atoms with van der Waals surface area (Å²) in [5.74, 6) is 0.547. The van der Waals surface area contributed by atoms with Gasteiger partial charge in [0.05, 0.1) is 17.5 Å². The summed E-state index contributed by atoms with van der Waals surface area (Å²) < 4.78 is 19.3. The van der Waals surface area contributed by atoms with Crippen LogP contribution < -0.4 is 4.74 Å². The van der Waals surface area contributed by atoms with E-state index in [1.807, 2.05) is 31.2 Å². The summed E-state index contributed by atoms with van der Waals surface area (Å²) >= 11 is 5.87. The van der Waals surface area contributed by atoms with Crippen molar-refractivity contribution in [2.45, 2.75) is 19.4 Å². The van der Waals surface area contributed by atoms with Crippen LogP contribution in [0.15, 0.2) is 36.4 Å². The summed E-state index contributed by atoms with van der Waals surface area (Å²) in [6.07, 6.45) is 0. The zero-order valence-electron chi connectivity index (χ0n) is 11.0. The maximum absolute atomic E-state index is 13.7. The van der Waals surface area contributed by atoms with Crippen LogP contribution in [-0.2, 0) is 12.5 Å². The fourth-order valence-corrected chi connectivity index (χ4v) is 2.05. The number of benzene rings is 2. The minimum absolute atomic E-state index is 0.102. The predicted octanol–water partition coefficient (Wildman–Crippen LogP) is 4.32. The van der Waals surface area contributed by atoms with Crippen LogP contribution >= 0.6 is 11.6 Å². The van der Waals surface area contributed by atoms with Crippen molar-refractivity contribution >= 4 is 11.6 Å². The molecule has 0 radical (unpaired) electrons. The van der Waals surface area contributed by atoms with Gasteiger partial charge in [-0.25, -0.2) is 4.39 Å². The van der Waals surface area contributed by atoms with Crippen LogP contribution in [0.4, 0.5) is 4.39 Å². The van der Waals surface area contributed by atoms with Gasteiger partial charge in [0.25, 0.3) is 0 Å². The van der Waals surface area contributed by atoms with Crippen molar-refractivity contribution in [3.05, 3.63) is 64.5 Å². The van der Waals surface area contributed by atoms with E-state index in [0.29, 0.717) is 22.8 Å². The monoisotopic (exact) mass is 289 g/mol. The number of alkyl halides is 1. The van der Waals surface area contributed by atoms with Crippen molar-refractivity contribution in [1.82, 2.24) is 0 Å². The van der Waals surface area contributed by atoms with E-state index in [1.165, 1.54) is 6.07 Å². The molecule has 0 aliphatic heterocycles. The van der Waals surface area contributed by atoms with E-state index in [0.717, 1.165) is 11.1 Å². The first-order chi connectivity index (χ1) is 9.63. The Morgan fingerprint density at radius 3 is 2.65 bits per heavy atom. The molecule has 2 nitrogen and oxygen atoms in total. The largest absolute Gasteiger partial charge is 0.488 e. The van der Waals surface area contributed by atoms with E-state index in [-0.39, 0.29) is 6.61 Å². The molecule has 0 aromatic heterocycles. The Morgan fingerprint density at radius 1 is 1.20 bits per heavy atom. The average Bonchev–Trinajstić information content (AvgIpc) is 2.46. The molecule has 0 atom stereocenters. The highest BCUT2D eigenvalue weighted by molar-refractivity contribution is 6.17. The molecule has 0 heterocycles. The lowest BCUT2D eigenvalue weighted by Crippen LogP contribution is -2.01. The van der Waals surface area contributed by atoms with Crippen LogP contribution in [0.3, 0.4) is 0 Å². The minimum Gasteiger partial charge on any atom is -0.488 e. The normalized spacial score (nSPS) is 10.1. The number of nitriles is 1. The van der Waals surface area contributed by atoms with E-state index in [4.69, 9.17) is 21.6 Å².